The number of furan rings is 1. The van der Waals surface area contributed by atoms with E-state index in [9.17, 15) is 0 Å². The van der Waals surface area contributed by atoms with Crippen molar-refractivity contribution >= 4 is 43.7 Å². The Hall–Kier alpha value is -7.63. The molecular weight excluding hydrogens is 721 g/mol. The highest BCUT2D eigenvalue weighted by molar-refractivity contribution is 6.12. The van der Waals surface area contributed by atoms with Crippen molar-refractivity contribution < 1.29 is 4.42 Å². The first kappa shape index (κ1) is 33.5. The molecule has 0 unspecified atom stereocenters. The van der Waals surface area contributed by atoms with Crippen LogP contribution < -0.4 is 0 Å². The quantitative estimate of drug-likeness (QED) is 0.175. The number of hydrogen-bond acceptors (Lipinski definition) is 4. The van der Waals surface area contributed by atoms with Gasteiger partial charge in [0, 0.05) is 54.9 Å². The van der Waals surface area contributed by atoms with Crippen LogP contribution in [0.2, 0.25) is 0 Å². The van der Waals surface area contributed by atoms with Gasteiger partial charge in [0.1, 0.15) is 11.2 Å². The van der Waals surface area contributed by atoms with Crippen LogP contribution in [0.15, 0.2) is 186 Å². The molecule has 8 aromatic carbocycles. The van der Waals surface area contributed by atoms with Crippen molar-refractivity contribution in [3.63, 3.8) is 0 Å². The third-order valence-electron chi connectivity index (χ3n) is 12.3. The lowest BCUT2D eigenvalue weighted by Gasteiger charge is -2.21. The normalized spacial score (nSPS) is 13.1. The Morgan fingerprint density at radius 3 is 1.80 bits per heavy atom. The van der Waals surface area contributed by atoms with E-state index in [4.69, 9.17) is 19.4 Å². The summed E-state index contributed by atoms with van der Waals surface area (Å²) in [5.74, 6) is 1.81. The topological polar surface area (TPSA) is 56.7 Å². The Balaban J connectivity index is 0.982. The van der Waals surface area contributed by atoms with Gasteiger partial charge < -0.3 is 8.98 Å². The van der Waals surface area contributed by atoms with Gasteiger partial charge in [-0.3, -0.25) is 0 Å². The molecule has 0 atom stereocenters. The number of rotatable bonds is 5. The van der Waals surface area contributed by atoms with Gasteiger partial charge in [0.2, 0.25) is 0 Å². The molecule has 0 saturated carbocycles. The van der Waals surface area contributed by atoms with Gasteiger partial charge in [-0.05, 0) is 82.4 Å². The molecule has 278 valence electrons. The summed E-state index contributed by atoms with van der Waals surface area (Å²) in [7, 11) is 0. The number of nitrogens with zero attached hydrogens (tertiary/aromatic N) is 4. The molecule has 0 N–H and O–H groups in total. The molecule has 12 rings (SSSR count). The zero-order chi connectivity index (χ0) is 39.2. The van der Waals surface area contributed by atoms with E-state index in [0.717, 1.165) is 55.4 Å². The Morgan fingerprint density at radius 1 is 0.407 bits per heavy atom. The molecule has 5 heteroatoms. The highest BCUT2D eigenvalue weighted by Gasteiger charge is 2.36. The van der Waals surface area contributed by atoms with Gasteiger partial charge in [0.05, 0.1) is 11.0 Å². The second-order valence-electron chi connectivity index (χ2n) is 16.0. The van der Waals surface area contributed by atoms with Crippen LogP contribution in [-0.2, 0) is 5.41 Å². The summed E-state index contributed by atoms with van der Waals surface area (Å²) in [4.78, 5) is 15.2. The van der Waals surface area contributed by atoms with Crippen molar-refractivity contribution in [1.82, 2.24) is 19.5 Å². The minimum atomic E-state index is -0.0991. The van der Waals surface area contributed by atoms with E-state index in [2.05, 4.69) is 164 Å². The van der Waals surface area contributed by atoms with Crippen LogP contribution in [0.4, 0.5) is 0 Å². The molecule has 3 heterocycles. The lowest BCUT2D eigenvalue weighted by molar-refractivity contribution is 0.661. The van der Waals surface area contributed by atoms with Gasteiger partial charge in [0.25, 0.3) is 0 Å². The largest absolute Gasteiger partial charge is 0.455 e. The third-order valence-corrected chi connectivity index (χ3v) is 12.3. The number of fused-ring (bicyclic) bond motifs is 9. The Kier molecular flexibility index (Phi) is 7.20. The average Bonchev–Trinajstić information content (AvgIpc) is 3.91. The van der Waals surface area contributed by atoms with E-state index in [-0.39, 0.29) is 5.41 Å². The molecule has 5 nitrogen and oxygen atoms in total. The second kappa shape index (κ2) is 12.7. The number of benzene rings is 8. The van der Waals surface area contributed by atoms with Gasteiger partial charge in [-0.1, -0.05) is 141 Å². The first-order valence-corrected chi connectivity index (χ1v) is 20.1. The molecule has 3 aromatic heterocycles. The summed E-state index contributed by atoms with van der Waals surface area (Å²) >= 11 is 0. The Labute approximate surface area is 340 Å². The van der Waals surface area contributed by atoms with Gasteiger partial charge in [-0.2, -0.15) is 0 Å². The first-order valence-electron chi connectivity index (χ1n) is 20.1. The maximum atomic E-state index is 6.62. The highest BCUT2D eigenvalue weighted by Crippen LogP contribution is 2.51. The first-order chi connectivity index (χ1) is 29.0. The summed E-state index contributed by atoms with van der Waals surface area (Å²) in [6.45, 7) is 4.68. The predicted octanol–water partition coefficient (Wildman–Crippen LogP) is 13.8. The van der Waals surface area contributed by atoms with Gasteiger partial charge in [-0.15, -0.1) is 0 Å². The molecule has 1 aliphatic carbocycles. The van der Waals surface area contributed by atoms with E-state index in [1.165, 1.54) is 44.1 Å². The molecule has 0 saturated heterocycles. The maximum Gasteiger partial charge on any atom is 0.164 e. The molecule has 0 spiro atoms. The summed E-state index contributed by atoms with van der Waals surface area (Å²) in [5, 5.41) is 4.63. The molecule has 0 bridgehead atoms. The van der Waals surface area contributed by atoms with Crippen molar-refractivity contribution in [2.45, 2.75) is 19.3 Å². The van der Waals surface area contributed by atoms with Crippen LogP contribution in [-0.4, -0.2) is 19.5 Å². The fraction of sp³-hybridized carbons (Fsp3) is 0.0556. The summed E-state index contributed by atoms with van der Waals surface area (Å²) in [6.07, 6.45) is 0. The van der Waals surface area contributed by atoms with Crippen LogP contribution in [0.5, 0.6) is 0 Å². The molecule has 11 aromatic rings. The smallest absolute Gasteiger partial charge is 0.164 e. The zero-order valence-corrected chi connectivity index (χ0v) is 32.5. The van der Waals surface area contributed by atoms with Gasteiger partial charge >= 0.3 is 0 Å². The van der Waals surface area contributed by atoms with E-state index in [1.807, 2.05) is 36.4 Å². The number of aromatic nitrogens is 4. The second-order valence-corrected chi connectivity index (χ2v) is 16.0. The number of para-hydroxylation sites is 2. The molecule has 1 aliphatic rings. The monoisotopic (exact) mass is 756 g/mol. The summed E-state index contributed by atoms with van der Waals surface area (Å²) in [6, 6.07) is 64.1. The fourth-order valence-corrected chi connectivity index (χ4v) is 9.33. The van der Waals surface area contributed by atoms with Gasteiger partial charge in [0.15, 0.2) is 17.5 Å². The third kappa shape index (κ3) is 5.14. The van der Waals surface area contributed by atoms with Crippen LogP contribution in [0, 0.1) is 0 Å². The summed E-state index contributed by atoms with van der Waals surface area (Å²) < 4.78 is 9.01. The zero-order valence-electron chi connectivity index (χ0n) is 32.5. The molecule has 0 aliphatic heterocycles. The molecule has 0 amide bonds. The van der Waals surface area contributed by atoms with E-state index in [1.54, 1.807) is 0 Å². The molecule has 0 fully saturated rings. The minimum absolute atomic E-state index is 0.0991. The average molecular weight is 757 g/mol. The SMILES string of the molecule is CC1(C)c2ccccc2-c2cc3c4ccccc4n(-c4ccc(-c5nc(-c6ccccc6)nc(-c6ccc7c(c6)oc6c(-c8ccccc8)cccc67)n5)cc4)c3cc21. The van der Waals surface area contributed by atoms with Crippen LogP contribution in [0.3, 0.4) is 0 Å². The van der Waals surface area contributed by atoms with Crippen molar-refractivity contribution in [3.8, 4) is 62.1 Å². The fourth-order valence-electron chi connectivity index (χ4n) is 9.33. The Bertz CT molecular complexity index is 3450. The molecule has 0 radical (unpaired) electrons. The van der Waals surface area contributed by atoms with Crippen LogP contribution in [0.25, 0.3) is 106 Å². The van der Waals surface area contributed by atoms with Crippen LogP contribution in [0.1, 0.15) is 25.0 Å². The van der Waals surface area contributed by atoms with Gasteiger partial charge in [-0.25, -0.2) is 15.0 Å². The van der Waals surface area contributed by atoms with E-state index < -0.39 is 0 Å². The highest BCUT2D eigenvalue weighted by atomic mass is 16.3. The van der Waals surface area contributed by atoms with E-state index in [0.29, 0.717) is 17.5 Å². The number of hydrogen-bond donors (Lipinski definition) is 0. The maximum absolute atomic E-state index is 6.62. The Morgan fingerprint density at radius 2 is 1.02 bits per heavy atom. The molecular formula is C54H36N4O. The summed E-state index contributed by atoms with van der Waals surface area (Å²) in [5.41, 5.74) is 15.3. The van der Waals surface area contributed by atoms with Crippen molar-refractivity contribution in [3.05, 3.63) is 193 Å². The lowest BCUT2D eigenvalue weighted by atomic mass is 9.82. The standard InChI is InChI=1S/C54H36N4O/c1-54(2)45-22-11-9-18-39(45)43-31-44-40-19-10-12-23-47(40)58(48(44)32-46(43)54)37-27-24-35(25-28-37)52-55-51(34-16-7-4-8-17-34)56-53(57-52)36-26-29-41-42-21-13-20-38(33-14-5-3-6-15-33)50(42)59-49(41)30-36/h3-32H,1-2H3. The lowest BCUT2D eigenvalue weighted by Crippen LogP contribution is -2.14. The van der Waals surface area contributed by atoms with Crippen molar-refractivity contribution in [2.24, 2.45) is 0 Å². The predicted molar refractivity (Wildman–Crippen MR) is 241 cm³/mol. The minimum Gasteiger partial charge on any atom is -0.455 e. The molecule has 59 heavy (non-hydrogen) atoms. The van der Waals surface area contributed by atoms with Crippen LogP contribution >= 0.6 is 0 Å². The van der Waals surface area contributed by atoms with E-state index >= 15 is 0 Å². The van der Waals surface area contributed by atoms with Crippen molar-refractivity contribution in [2.75, 3.05) is 0 Å². The van der Waals surface area contributed by atoms with Crippen molar-refractivity contribution in [1.29, 1.82) is 0 Å².